The highest BCUT2D eigenvalue weighted by molar-refractivity contribution is 7.13. The van der Waals surface area contributed by atoms with Crippen molar-refractivity contribution in [2.45, 2.75) is 0 Å². The van der Waals surface area contributed by atoms with Gasteiger partial charge in [0.05, 0.1) is 11.3 Å². The van der Waals surface area contributed by atoms with E-state index in [4.69, 9.17) is 5.11 Å². The van der Waals surface area contributed by atoms with Crippen molar-refractivity contribution in [2.75, 3.05) is 0 Å². The SMILES string of the molecule is O=C(O)c1cccc(-c2nc(-c3ccc4ccccc4c3)cs2)c1. The Balaban J connectivity index is 1.73. The van der Waals surface area contributed by atoms with E-state index in [2.05, 4.69) is 35.3 Å². The fourth-order valence-electron chi connectivity index (χ4n) is 2.67. The number of aromatic carboxylic acids is 1. The highest BCUT2D eigenvalue weighted by Crippen LogP contribution is 2.30. The second-order valence-corrected chi connectivity index (χ2v) is 6.34. The summed E-state index contributed by atoms with van der Waals surface area (Å²) in [6.07, 6.45) is 0. The molecule has 4 rings (SSSR count). The predicted octanol–water partition coefficient (Wildman–Crippen LogP) is 5.33. The summed E-state index contributed by atoms with van der Waals surface area (Å²) in [5, 5.41) is 14.3. The van der Waals surface area contributed by atoms with Crippen molar-refractivity contribution in [3.05, 3.63) is 77.7 Å². The van der Waals surface area contributed by atoms with Crippen LogP contribution in [0.2, 0.25) is 0 Å². The molecule has 0 amide bonds. The van der Waals surface area contributed by atoms with Crippen molar-refractivity contribution >= 4 is 28.1 Å². The molecule has 116 valence electrons. The van der Waals surface area contributed by atoms with Crippen LogP contribution in [0.5, 0.6) is 0 Å². The minimum absolute atomic E-state index is 0.273. The third kappa shape index (κ3) is 2.68. The maximum atomic E-state index is 11.1. The predicted molar refractivity (Wildman–Crippen MR) is 97.5 cm³/mol. The average Bonchev–Trinajstić information content (AvgIpc) is 3.11. The number of hydrogen-bond acceptors (Lipinski definition) is 3. The van der Waals surface area contributed by atoms with E-state index < -0.39 is 5.97 Å². The maximum Gasteiger partial charge on any atom is 0.335 e. The van der Waals surface area contributed by atoms with E-state index in [1.54, 1.807) is 18.2 Å². The molecule has 0 radical (unpaired) electrons. The first-order valence-electron chi connectivity index (χ1n) is 7.49. The summed E-state index contributed by atoms with van der Waals surface area (Å²) in [6, 6.07) is 21.4. The molecule has 1 heterocycles. The average molecular weight is 331 g/mol. The molecule has 0 bridgehead atoms. The topological polar surface area (TPSA) is 50.2 Å². The molecule has 4 heteroatoms. The first-order valence-corrected chi connectivity index (χ1v) is 8.37. The van der Waals surface area contributed by atoms with Crippen molar-refractivity contribution in [1.82, 2.24) is 4.98 Å². The van der Waals surface area contributed by atoms with Gasteiger partial charge in [0.25, 0.3) is 0 Å². The molecule has 0 unspecified atom stereocenters. The van der Waals surface area contributed by atoms with Gasteiger partial charge in [0.2, 0.25) is 0 Å². The lowest BCUT2D eigenvalue weighted by Gasteiger charge is -2.01. The molecule has 0 fully saturated rings. The van der Waals surface area contributed by atoms with E-state index in [0.717, 1.165) is 21.8 Å². The van der Waals surface area contributed by atoms with Gasteiger partial charge >= 0.3 is 5.97 Å². The van der Waals surface area contributed by atoms with Crippen molar-refractivity contribution in [2.24, 2.45) is 0 Å². The van der Waals surface area contributed by atoms with E-state index in [1.165, 1.54) is 22.1 Å². The lowest BCUT2D eigenvalue weighted by molar-refractivity contribution is 0.0697. The molecule has 3 nitrogen and oxygen atoms in total. The number of carbonyl (C=O) groups is 1. The Hall–Kier alpha value is -2.98. The highest BCUT2D eigenvalue weighted by Gasteiger charge is 2.10. The molecule has 0 saturated carbocycles. The molecule has 0 aliphatic rings. The van der Waals surface area contributed by atoms with Gasteiger partial charge in [-0.25, -0.2) is 9.78 Å². The van der Waals surface area contributed by atoms with Gasteiger partial charge in [0, 0.05) is 16.5 Å². The molecule has 1 aromatic heterocycles. The first kappa shape index (κ1) is 14.6. The molecule has 4 aromatic rings. The molecule has 3 aromatic carbocycles. The summed E-state index contributed by atoms with van der Waals surface area (Å²) in [4.78, 5) is 15.8. The van der Waals surface area contributed by atoms with Crippen LogP contribution in [-0.2, 0) is 0 Å². The Morgan fingerprint density at radius 3 is 2.54 bits per heavy atom. The number of hydrogen-bond donors (Lipinski definition) is 1. The second kappa shape index (κ2) is 5.91. The third-order valence-corrected chi connectivity index (χ3v) is 4.80. The summed E-state index contributed by atoms with van der Waals surface area (Å²) >= 11 is 1.52. The minimum Gasteiger partial charge on any atom is -0.478 e. The lowest BCUT2D eigenvalue weighted by atomic mass is 10.1. The van der Waals surface area contributed by atoms with Crippen LogP contribution < -0.4 is 0 Å². The van der Waals surface area contributed by atoms with Gasteiger partial charge in [-0.15, -0.1) is 11.3 Å². The summed E-state index contributed by atoms with van der Waals surface area (Å²) in [5.41, 5.74) is 3.06. The van der Waals surface area contributed by atoms with Crippen LogP contribution in [0.1, 0.15) is 10.4 Å². The number of nitrogens with zero attached hydrogens (tertiary/aromatic N) is 1. The van der Waals surface area contributed by atoms with Gasteiger partial charge in [0.1, 0.15) is 5.01 Å². The fourth-order valence-corrected chi connectivity index (χ4v) is 3.50. The fraction of sp³-hybridized carbons (Fsp3) is 0. The first-order chi connectivity index (χ1) is 11.7. The zero-order valence-corrected chi connectivity index (χ0v) is 13.5. The van der Waals surface area contributed by atoms with Crippen LogP contribution >= 0.6 is 11.3 Å². The molecule has 0 aliphatic heterocycles. The van der Waals surface area contributed by atoms with Crippen LogP contribution in [0.4, 0.5) is 0 Å². The Labute approximate surface area is 142 Å². The number of thiazole rings is 1. The summed E-state index contributed by atoms with van der Waals surface area (Å²) in [6.45, 7) is 0. The van der Waals surface area contributed by atoms with Gasteiger partial charge in [-0.1, -0.05) is 48.5 Å². The maximum absolute atomic E-state index is 11.1. The van der Waals surface area contributed by atoms with Gasteiger partial charge < -0.3 is 5.11 Å². The Morgan fingerprint density at radius 2 is 1.71 bits per heavy atom. The highest BCUT2D eigenvalue weighted by atomic mass is 32.1. The molecule has 24 heavy (non-hydrogen) atoms. The number of fused-ring (bicyclic) bond motifs is 1. The molecule has 0 atom stereocenters. The standard InChI is InChI=1S/C20H13NO2S/c22-20(23)17-7-3-6-16(11-17)19-21-18(12-24-19)15-9-8-13-4-1-2-5-14(13)10-15/h1-12H,(H,22,23). The van der Waals surface area contributed by atoms with E-state index in [1.807, 2.05) is 23.6 Å². The van der Waals surface area contributed by atoms with Gasteiger partial charge in [-0.2, -0.15) is 0 Å². The number of aromatic nitrogens is 1. The van der Waals surface area contributed by atoms with E-state index in [9.17, 15) is 4.79 Å². The number of carboxylic acids is 1. The van der Waals surface area contributed by atoms with Crippen LogP contribution in [0.3, 0.4) is 0 Å². The Kier molecular flexibility index (Phi) is 3.59. The normalized spacial score (nSPS) is 10.8. The number of carboxylic acid groups (broad SMARTS) is 1. The van der Waals surface area contributed by atoms with Crippen molar-refractivity contribution in [3.63, 3.8) is 0 Å². The lowest BCUT2D eigenvalue weighted by Crippen LogP contribution is -1.95. The molecule has 1 N–H and O–H groups in total. The van der Waals surface area contributed by atoms with Crippen LogP contribution in [0.15, 0.2) is 72.1 Å². The van der Waals surface area contributed by atoms with Crippen LogP contribution in [0.25, 0.3) is 32.6 Å². The minimum atomic E-state index is -0.928. The second-order valence-electron chi connectivity index (χ2n) is 5.49. The zero-order chi connectivity index (χ0) is 16.5. The van der Waals surface area contributed by atoms with Gasteiger partial charge in [-0.05, 0) is 29.0 Å². The summed E-state index contributed by atoms with van der Waals surface area (Å²) in [7, 11) is 0. The number of rotatable bonds is 3. The van der Waals surface area contributed by atoms with Gasteiger partial charge in [-0.3, -0.25) is 0 Å². The largest absolute Gasteiger partial charge is 0.478 e. The van der Waals surface area contributed by atoms with E-state index >= 15 is 0 Å². The monoisotopic (exact) mass is 331 g/mol. The van der Waals surface area contributed by atoms with Crippen LogP contribution in [-0.4, -0.2) is 16.1 Å². The van der Waals surface area contributed by atoms with E-state index in [0.29, 0.717) is 0 Å². The molecule has 0 saturated heterocycles. The summed E-state index contributed by atoms with van der Waals surface area (Å²) in [5.74, 6) is -0.928. The summed E-state index contributed by atoms with van der Waals surface area (Å²) < 4.78 is 0. The van der Waals surface area contributed by atoms with E-state index in [-0.39, 0.29) is 5.56 Å². The Bertz CT molecular complexity index is 1050. The molecular formula is C20H13NO2S. The third-order valence-electron chi connectivity index (χ3n) is 3.91. The molecule has 0 spiro atoms. The Morgan fingerprint density at radius 1 is 0.875 bits per heavy atom. The smallest absolute Gasteiger partial charge is 0.335 e. The zero-order valence-electron chi connectivity index (χ0n) is 12.6. The molecule has 0 aliphatic carbocycles. The number of benzene rings is 3. The van der Waals surface area contributed by atoms with Crippen molar-refractivity contribution in [1.29, 1.82) is 0 Å². The van der Waals surface area contributed by atoms with Crippen molar-refractivity contribution < 1.29 is 9.90 Å². The van der Waals surface area contributed by atoms with Crippen molar-refractivity contribution in [3.8, 4) is 21.8 Å². The molecular weight excluding hydrogens is 318 g/mol. The quantitative estimate of drug-likeness (QED) is 0.552. The van der Waals surface area contributed by atoms with Crippen LogP contribution in [0, 0.1) is 0 Å². The van der Waals surface area contributed by atoms with Gasteiger partial charge in [0.15, 0.2) is 0 Å².